The predicted octanol–water partition coefficient (Wildman–Crippen LogP) is 1.82. The third-order valence-corrected chi connectivity index (χ3v) is 2.54. The highest BCUT2D eigenvalue weighted by atomic mass is 16.5. The SMILES string of the molecule is O=C1CC=C2C(=COc3ccccc32)N1. The van der Waals surface area contributed by atoms with E-state index >= 15 is 0 Å². The van der Waals surface area contributed by atoms with E-state index < -0.39 is 0 Å². The van der Waals surface area contributed by atoms with Crippen LogP contribution in [0.1, 0.15) is 12.0 Å². The first-order valence-corrected chi connectivity index (χ1v) is 4.81. The molecule has 2 heterocycles. The van der Waals surface area contributed by atoms with Crippen LogP contribution in [0.5, 0.6) is 5.75 Å². The van der Waals surface area contributed by atoms with Crippen molar-refractivity contribution >= 4 is 11.5 Å². The summed E-state index contributed by atoms with van der Waals surface area (Å²) in [5, 5.41) is 2.79. The minimum absolute atomic E-state index is 0.00739. The number of amides is 1. The molecule has 0 atom stereocenters. The fourth-order valence-electron chi connectivity index (χ4n) is 1.84. The normalized spacial score (nSPS) is 17.7. The number of allylic oxidation sites excluding steroid dienone is 1. The molecule has 0 aliphatic carbocycles. The first-order chi connectivity index (χ1) is 7.34. The van der Waals surface area contributed by atoms with Crippen LogP contribution in [0.3, 0.4) is 0 Å². The Bertz CT molecular complexity index is 500. The Balaban J connectivity index is 2.15. The summed E-state index contributed by atoms with van der Waals surface area (Å²) in [6, 6.07) is 7.80. The fourth-order valence-corrected chi connectivity index (χ4v) is 1.84. The van der Waals surface area contributed by atoms with Gasteiger partial charge in [0.15, 0.2) is 0 Å². The van der Waals surface area contributed by atoms with Gasteiger partial charge in [0.05, 0.1) is 5.70 Å². The Kier molecular flexibility index (Phi) is 1.65. The molecule has 0 unspecified atom stereocenters. The highest BCUT2D eigenvalue weighted by Crippen LogP contribution is 2.35. The van der Waals surface area contributed by atoms with Gasteiger partial charge in [0.1, 0.15) is 12.0 Å². The first-order valence-electron chi connectivity index (χ1n) is 4.81. The lowest BCUT2D eigenvalue weighted by molar-refractivity contribution is -0.119. The number of para-hydroxylation sites is 1. The molecule has 0 radical (unpaired) electrons. The maximum absolute atomic E-state index is 11.2. The maximum atomic E-state index is 11.2. The zero-order valence-corrected chi connectivity index (χ0v) is 7.99. The van der Waals surface area contributed by atoms with Gasteiger partial charge in [0.2, 0.25) is 5.91 Å². The molecule has 0 bridgehead atoms. The molecule has 0 saturated carbocycles. The standard InChI is InChI=1S/C12H9NO2/c14-12-6-5-8-9-3-1-2-4-11(9)15-7-10(8)13-12/h1-5,7H,6H2,(H,13,14). The molecular weight excluding hydrogens is 190 g/mol. The van der Waals surface area contributed by atoms with E-state index in [4.69, 9.17) is 4.74 Å². The van der Waals surface area contributed by atoms with Crippen molar-refractivity contribution in [2.45, 2.75) is 6.42 Å². The van der Waals surface area contributed by atoms with Gasteiger partial charge in [-0.15, -0.1) is 0 Å². The monoisotopic (exact) mass is 199 g/mol. The highest BCUT2D eigenvalue weighted by Gasteiger charge is 2.22. The van der Waals surface area contributed by atoms with E-state index in [0.29, 0.717) is 6.42 Å². The molecule has 3 rings (SSSR count). The molecular formula is C12H9NO2. The van der Waals surface area contributed by atoms with Crippen molar-refractivity contribution in [3.8, 4) is 5.75 Å². The van der Waals surface area contributed by atoms with E-state index in [2.05, 4.69) is 5.32 Å². The van der Waals surface area contributed by atoms with Gasteiger partial charge in [-0.05, 0) is 6.07 Å². The zero-order valence-electron chi connectivity index (χ0n) is 7.99. The second-order valence-corrected chi connectivity index (χ2v) is 3.52. The molecule has 0 spiro atoms. The molecule has 2 aliphatic heterocycles. The summed E-state index contributed by atoms with van der Waals surface area (Å²) in [7, 11) is 0. The second kappa shape index (κ2) is 2.98. The van der Waals surface area contributed by atoms with Crippen LogP contribution < -0.4 is 10.1 Å². The number of rotatable bonds is 0. The van der Waals surface area contributed by atoms with Gasteiger partial charge in [0.25, 0.3) is 0 Å². The van der Waals surface area contributed by atoms with E-state index in [9.17, 15) is 4.79 Å². The lowest BCUT2D eigenvalue weighted by Crippen LogP contribution is -2.28. The predicted molar refractivity (Wildman–Crippen MR) is 55.9 cm³/mol. The highest BCUT2D eigenvalue weighted by molar-refractivity contribution is 5.94. The van der Waals surface area contributed by atoms with E-state index in [1.54, 1.807) is 6.26 Å². The van der Waals surface area contributed by atoms with Crippen LogP contribution in [0.4, 0.5) is 0 Å². The van der Waals surface area contributed by atoms with Gasteiger partial charge in [-0.25, -0.2) is 0 Å². The number of carbonyl (C=O) groups excluding carboxylic acids is 1. The molecule has 0 aromatic heterocycles. The van der Waals surface area contributed by atoms with Gasteiger partial charge in [-0.2, -0.15) is 0 Å². The maximum Gasteiger partial charge on any atom is 0.228 e. The van der Waals surface area contributed by atoms with Crippen molar-refractivity contribution in [3.05, 3.63) is 47.9 Å². The Morgan fingerprint density at radius 2 is 2.13 bits per heavy atom. The third-order valence-electron chi connectivity index (χ3n) is 2.54. The number of carbonyl (C=O) groups is 1. The van der Waals surface area contributed by atoms with E-state index in [0.717, 1.165) is 22.6 Å². The van der Waals surface area contributed by atoms with Crippen molar-refractivity contribution in [2.75, 3.05) is 0 Å². The number of fused-ring (bicyclic) bond motifs is 3. The summed E-state index contributed by atoms with van der Waals surface area (Å²) in [4.78, 5) is 11.2. The largest absolute Gasteiger partial charge is 0.462 e. The van der Waals surface area contributed by atoms with Crippen LogP contribution in [-0.2, 0) is 4.79 Å². The van der Waals surface area contributed by atoms with E-state index in [-0.39, 0.29) is 5.91 Å². The Morgan fingerprint density at radius 3 is 3.07 bits per heavy atom. The Morgan fingerprint density at radius 1 is 1.27 bits per heavy atom. The van der Waals surface area contributed by atoms with Crippen LogP contribution >= 0.6 is 0 Å². The molecule has 15 heavy (non-hydrogen) atoms. The molecule has 0 fully saturated rings. The summed E-state index contributed by atoms with van der Waals surface area (Å²) in [6.07, 6.45) is 3.96. The van der Waals surface area contributed by atoms with Crippen molar-refractivity contribution < 1.29 is 9.53 Å². The number of benzene rings is 1. The molecule has 0 saturated heterocycles. The van der Waals surface area contributed by atoms with Crippen LogP contribution in [0.2, 0.25) is 0 Å². The summed E-state index contributed by atoms with van der Waals surface area (Å²) in [5.41, 5.74) is 2.84. The molecule has 1 aromatic rings. The lowest BCUT2D eigenvalue weighted by Gasteiger charge is -2.23. The van der Waals surface area contributed by atoms with Gasteiger partial charge in [-0.3, -0.25) is 4.79 Å². The third kappa shape index (κ3) is 1.24. The number of ether oxygens (including phenoxy) is 1. The van der Waals surface area contributed by atoms with Crippen LogP contribution in [0, 0.1) is 0 Å². The summed E-state index contributed by atoms with van der Waals surface area (Å²) >= 11 is 0. The average molecular weight is 199 g/mol. The molecule has 1 amide bonds. The van der Waals surface area contributed by atoms with E-state index in [1.807, 2.05) is 30.3 Å². The minimum atomic E-state index is 0.00739. The molecule has 1 aromatic carbocycles. The first kappa shape index (κ1) is 8.29. The van der Waals surface area contributed by atoms with Gasteiger partial charge >= 0.3 is 0 Å². The zero-order chi connectivity index (χ0) is 10.3. The van der Waals surface area contributed by atoms with Crippen LogP contribution in [0.25, 0.3) is 5.57 Å². The average Bonchev–Trinajstić information content (AvgIpc) is 2.28. The molecule has 3 nitrogen and oxygen atoms in total. The van der Waals surface area contributed by atoms with Crippen LogP contribution in [-0.4, -0.2) is 5.91 Å². The molecule has 1 N–H and O–H groups in total. The molecule has 2 aliphatic rings. The smallest absolute Gasteiger partial charge is 0.228 e. The fraction of sp³-hybridized carbons (Fsp3) is 0.0833. The van der Waals surface area contributed by atoms with Gasteiger partial charge in [-0.1, -0.05) is 24.3 Å². The summed E-state index contributed by atoms with van der Waals surface area (Å²) < 4.78 is 5.42. The van der Waals surface area contributed by atoms with Crippen molar-refractivity contribution in [3.63, 3.8) is 0 Å². The van der Waals surface area contributed by atoms with Gasteiger partial charge in [0, 0.05) is 17.6 Å². The number of hydrogen-bond acceptors (Lipinski definition) is 2. The summed E-state index contributed by atoms with van der Waals surface area (Å²) in [5.74, 6) is 0.844. The number of nitrogens with one attached hydrogen (secondary N) is 1. The molecule has 74 valence electrons. The van der Waals surface area contributed by atoms with Crippen molar-refractivity contribution in [1.82, 2.24) is 5.32 Å². The van der Waals surface area contributed by atoms with Crippen molar-refractivity contribution in [1.29, 1.82) is 0 Å². The van der Waals surface area contributed by atoms with Crippen molar-refractivity contribution in [2.24, 2.45) is 0 Å². The quantitative estimate of drug-likeness (QED) is 0.692. The second-order valence-electron chi connectivity index (χ2n) is 3.52. The topological polar surface area (TPSA) is 38.3 Å². The summed E-state index contributed by atoms with van der Waals surface area (Å²) in [6.45, 7) is 0. The van der Waals surface area contributed by atoms with Crippen LogP contribution in [0.15, 0.2) is 42.3 Å². The minimum Gasteiger partial charge on any atom is -0.462 e. The number of hydrogen-bond donors (Lipinski definition) is 1. The Hall–Kier alpha value is -2.03. The lowest BCUT2D eigenvalue weighted by atomic mass is 9.97. The van der Waals surface area contributed by atoms with E-state index in [1.165, 1.54) is 0 Å². The molecule has 3 heteroatoms. The Labute approximate surface area is 87.1 Å². The van der Waals surface area contributed by atoms with Gasteiger partial charge < -0.3 is 10.1 Å².